The molecule has 1 aliphatic heterocycles. The Morgan fingerprint density at radius 1 is 1.44 bits per heavy atom. The fourth-order valence-corrected chi connectivity index (χ4v) is 1.02. The molecule has 1 heterocycles. The molecule has 1 aliphatic rings. The second-order valence-corrected chi connectivity index (χ2v) is 2.81. The van der Waals surface area contributed by atoms with Gasteiger partial charge in [-0.05, 0) is 12.8 Å². The number of hydrogen-bond donors (Lipinski definition) is 1. The lowest BCUT2D eigenvalue weighted by Crippen LogP contribution is -2.01. The number of hydrogen-bond acceptors (Lipinski definition) is 1. The lowest BCUT2D eigenvalue weighted by molar-refractivity contribution is 0.627. The summed E-state index contributed by atoms with van der Waals surface area (Å²) in [6.45, 7) is 6.32. The summed E-state index contributed by atoms with van der Waals surface area (Å²) in [6, 6.07) is 1.16. The molecule has 1 fully saturated rings. The van der Waals surface area contributed by atoms with Gasteiger partial charge in [-0.25, -0.2) is 0 Å². The maximum absolute atomic E-state index is 3.30. The Morgan fingerprint density at radius 2 is 2.11 bits per heavy atom. The van der Waals surface area contributed by atoms with E-state index in [4.69, 9.17) is 0 Å². The van der Waals surface area contributed by atoms with Crippen molar-refractivity contribution >= 4 is 0 Å². The molecule has 50 valence electrons. The smallest absolute Gasteiger partial charge is 0.0850 e. The molecule has 0 aromatic heterocycles. The van der Waals surface area contributed by atoms with E-state index < -0.39 is 0 Å². The van der Waals surface area contributed by atoms with E-state index in [9.17, 15) is 0 Å². The van der Waals surface area contributed by atoms with Crippen molar-refractivity contribution in [1.82, 2.24) is 5.32 Å². The van der Waals surface area contributed by atoms with Gasteiger partial charge in [0.05, 0.1) is 6.04 Å². The average molecular weight is 123 g/mol. The minimum absolute atomic E-state index is 0.495. The topological polar surface area (TPSA) is 21.9 Å². The third-order valence-corrected chi connectivity index (χ3v) is 1.64. The Kier molecular flexibility index (Phi) is 1.78. The third kappa shape index (κ3) is 1.46. The SMILES string of the molecule is CC#C[C@@H]1N[C@@H]1C(C)C. The molecule has 0 spiro atoms. The summed E-state index contributed by atoms with van der Waals surface area (Å²) in [6.07, 6.45) is 0. The Labute approximate surface area is 56.8 Å². The molecule has 0 aliphatic carbocycles. The summed E-state index contributed by atoms with van der Waals surface area (Å²) >= 11 is 0. The molecule has 0 bridgehead atoms. The third-order valence-electron chi connectivity index (χ3n) is 1.64. The highest BCUT2D eigenvalue weighted by Gasteiger charge is 2.36. The van der Waals surface area contributed by atoms with Gasteiger partial charge in [0.1, 0.15) is 0 Å². The first-order valence-corrected chi connectivity index (χ1v) is 3.44. The van der Waals surface area contributed by atoms with Crippen molar-refractivity contribution in [2.75, 3.05) is 0 Å². The fourth-order valence-electron chi connectivity index (χ4n) is 1.02. The predicted molar refractivity (Wildman–Crippen MR) is 39.0 cm³/mol. The van der Waals surface area contributed by atoms with E-state index in [2.05, 4.69) is 31.0 Å². The molecule has 1 saturated heterocycles. The number of rotatable bonds is 1. The van der Waals surface area contributed by atoms with Crippen LogP contribution in [-0.4, -0.2) is 12.1 Å². The lowest BCUT2D eigenvalue weighted by atomic mass is 10.1. The zero-order chi connectivity index (χ0) is 6.85. The van der Waals surface area contributed by atoms with Crippen molar-refractivity contribution in [2.45, 2.75) is 32.9 Å². The molecule has 0 amide bonds. The van der Waals surface area contributed by atoms with Crippen LogP contribution in [0, 0.1) is 17.8 Å². The van der Waals surface area contributed by atoms with Gasteiger partial charge in [0.15, 0.2) is 0 Å². The van der Waals surface area contributed by atoms with Crippen LogP contribution in [0.3, 0.4) is 0 Å². The molecule has 1 N–H and O–H groups in total. The summed E-state index contributed by atoms with van der Waals surface area (Å²) in [5, 5.41) is 3.30. The summed E-state index contributed by atoms with van der Waals surface area (Å²) in [7, 11) is 0. The largest absolute Gasteiger partial charge is 0.297 e. The molecular weight excluding hydrogens is 110 g/mol. The standard InChI is InChI=1S/C8H13N/c1-4-5-7-8(9-7)6(2)3/h6-9H,1-3H3/t7-,8+/m0/s1. The van der Waals surface area contributed by atoms with Gasteiger partial charge in [0, 0.05) is 6.04 Å². The molecule has 0 unspecified atom stereocenters. The van der Waals surface area contributed by atoms with Crippen LogP contribution in [-0.2, 0) is 0 Å². The van der Waals surface area contributed by atoms with Crippen molar-refractivity contribution < 1.29 is 0 Å². The van der Waals surface area contributed by atoms with Gasteiger partial charge in [-0.2, -0.15) is 0 Å². The molecular formula is C8H13N. The zero-order valence-electron chi connectivity index (χ0n) is 6.23. The first-order chi connectivity index (χ1) is 4.25. The summed E-state index contributed by atoms with van der Waals surface area (Å²) in [5.74, 6) is 6.72. The Bertz CT molecular complexity index is 150. The molecule has 1 rings (SSSR count). The van der Waals surface area contributed by atoms with Gasteiger partial charge in [0.2, 0.25) is 0 Å². The fraction of sp³-hybridized carbons (Fsp3) is 0.750. The minimum atomic E-state index is 0.495. The van der Waals surface area contributed by atoms with Gasteiger partial charge in [-0.3, -0.25) is 5.32 Å². The van der Waals surface area contributed by atoms with Crippen molar-refractivity contribution in [2.24, 2.45) is 5.92 Å². The zero-order valence-corrected chi connectivity index (χ0v) is 6.23. The first kappa shape index (κ1) is 6.64. The first-order valence-electron chi connectivity index (χ1n) is 3.44. The molecule has 0 aromatic carbocycles. The van der Waals surface area contributed by atoms with Crippen molar-refractivity contribution in [3.8, 4) is 11.8 Å². The van der Waals surface area contributed by atoms with E-state index in [1.807, 2.05) is 6.92 Å². The van der Waals surface area contributed by atoms with Crippen molar-refractivity contribution in [1.29, 1.82) is 0 Å². The highest BCUT2D eigenvalue weighted by atomic mass is 15.1. The van der Waals surface area contributed by atoms with E-state index in [-0.39, 0.29) is 0 Å². The van der Waals surface area contributed by atoms with Crippen LogP contribution in [0.5, 0.6) is 0 Å². The number of nitrogens with one attached hydrogen (secondary N) is 1. The van der Waals surface area contributed by atoms with E-state index >= 15 is 0 Å². The van der Waals surface area contributed by atoms with Crippen LogP contribution in [0.2, 0.25) is 0 Å². The van der Waals surface area contributed by atoms with Gasteiger partial charge in [0.25, 0.3) is 0 Å². The van der Waals surface area contributed by atoms with E-state index in [0.717, 1.165) is 5.92 Å². The second kappa shape index (κ2) is 2.41. The highest BCUT2D eigenvalue weighted by molar-refractivity contribution is 5.20. The Balaban J connectivity index is 2.30. The average Bonchev–Trinajstić information content (AvgIpc) is 2.47. The normalized spacial score (nSPS) is 31.6. The summed E-state index contributed by atoms with van der Waals surface area (Å²) < 4.78 is 0. The Hall–Kier alpha value is -0.480. The lowest BCUT2D eigenvalue weighted by Gasteiger charge is -1.94. The van der Waals surface area contributed by atoms with Gasteiger partial charge in [-0.1, -0.05) is 19.8 Å². The predicted octanol–water partition coefficient (Wildman–Crippen LogP) is 1.01. The maximum atomic E-state index is 3.30. The molecule has 0 aromatic rings. The molecule has 0 radical (unpaired) electrons. The molecule has 1 nitrogen and oxygen atoms in total. The van der Waals surface area contributed by atoms with E-state index in [1.165, 1.54) is 0 Å². The highest BCUT2D eigenvalue weighted by Crippen LogP contribution is 2.18. The van der Waals surface area contributed by atoms with E-state index in [1.54, 1.807) is 0 Å². The van der Waals surface area contributed by atoms with Crippen LogP contribution < -0.4 is 5.32 Å². The van der Waals surface area contributed by atoms with Gasteiger partial charge >= 0.3 is 0 Å². The molecule has 2 atom stereocenters. The van der Waals surface area contributed by atoms with Crippen LogP contribution >= 0.6 is 0 Å². The van der Waals surface area contributed by atoms with Crippen LogP contribution in [0.1, 0.15) is 20.8 Å². The Morgan fingerprint density at radius 3 is 2.44 bits per heavy atom. The van der Waals surface area contributed by atoms with E-state index in [0.29, 0.717) is 12.1 Å². The van der Waals surface area contributed by atoms with Gasteiger partial charge < -0.3 is 0 Å². The monoisotopic (exact) mass is 123 g/mol. The quantitative estimate of drug-likeness (QED) is 0.408. The second-order valence-electron chi connectivity index (χ2n) is 2.81. The van der Waals surface area contributed by atoms with Crippen LogP contribution in [0.25, 0.3) is 0 Å². The molecule has 1 heteroatoms. The van der Waals surface area contributed by atoms with Gasteiger partial charge in [-0.15, -0.1) is 5.92 Å². The van der Waals surface area contributed by atoms with Crippen LogP contribution in [0.4, 0.5) is 0 Å². The maximum Gasteiger partial charge on any atom is 0.0850 e. The van der Waals surface area contributed by atoms with Crippen molar-refractivity contribution in [3.63, 3.8) is 0 Å². The minimum Gasteiger partial charge on any atom is -0.297 e. The molecule has 0 saturated carbocycles. The summed E-state index contributed by atoms with van der Waals surface area (Å²) in [4.78, 5) is 0. The molecule has 9 heavy (non-hydrogen) atoms. The summed E-state index contributed by atoms with van der Waals surface area (Å²) in [5.41, 5.74) is 0. The van der Waals surface area contributed by atoms with Crippen molar-refractivity contribution in [3.05, 3.63) is 0 Å². The van der Waals surface area contributed by atoms with Crippen LogP contribution in [0.15, 0.2) is 0 Å².